The normalized spacial score (nSPS) is 10.8. The van der Waals surface area contributed by atoms with Crippen LogP contribution >= 0.6 is 0 Å². The minimum absolute atomic E-state index is 0. The fourth-order valence-corrected chi connectivity index (χ4v) is 3.81. The second-order valence-corrected chi connectivity index (χ2v) is 8.68. The molecule has 1 aromatic heterocycles. The smallest absolute Gasteiger partial charge is 0.550 e. The van der Waals surface area contributed by atoms with Gasteiger partial charge in [-0.25, -0.2) is 0 Å². The predicted molar refractivity (Wildman–Crippen MR) is 126 cm³/mol. The average molecular weight is 465 g/mol. The van der Waals surface area contributed by atoms with Crippen LogP contribution in [0, 0.1) is 0 Å². The van der Waals surface area contributed by atoms with E-state index >= 15 is 0 Å². The van der Waals surface area contributed by atoms with Crippen molar-refractivity contribution in [1.29, 1.82) is 0 Å². The molecular formula is C26H37N2NaO4. The van der Waals surface area contributed by atoms with E-state index in [1.54, 1.807) is 0 Å². The monoisotopic (exact) mass is 464 g/mol. The number of carbonyl (C=O) groups is 2. The average Bonchev–Trinajstić information content (AvgIpc) is 3.19. The van der Waals surface area contributed by atoms with Crippen LogP contribution in [-0.4, -0.2) is 34.6 Å². The number of nitrogens with one attached hydrogen (secondary N) is 1. The quantitative estimate of drug-likeness (QED) is 0.221. The molecule has 0 aliphatic rings. The number of aryl methyl sites for hydroxylation is 1. The summed E-state index contributed by atoms with van der Waals surface area (Å²) in [6.07, 6.45) is 10.8. The molecule has 33 heavy (non-hydrogen) atoms. The number of hydrogen-bond acceptors (Lipinski definition) is 5. The summed E-state index contributed by atoms with van der Waals surface area (Å²) in [5, 5.41) is 22.9. The van der Waals surface area contributed by atoms with Gasteiger partial charge in [0.2, 0.25) is 0 Å². The second-order valence-electron chi connectivity index (χ2n) is 8.68. The summed E-state index contributed by atoms with van der Waals surface area (Å²) in [7, 11) is 0. The third kappa shape index (κ3) is 10.5. The molecule has 7 heteroatoms. The number of hydrogen-bond donors (Lipinski definition) is 2. The molecule has 2 rings (SSSR count). The zero-order valence-corrected chi connectivity index (χ0v) is 22.4. The Morgan fingerprint density at radius 3 is 2.39 bits per heavy atom. The number of nitrogens with zero attached hydrogens (tertiary/aromatic N) is 1. The van der Waals surface area contributed by atoms with Crippen LogP contribution in [0.1, 0.15) is 92.6 Å². The van der Waals surface area contributed by atoms with Gasteiger partial charge in [0, 0.05) is 54.9 Å². The molecule has 0 spiro atoms. The van der Waals surface area contributed by atoms with Crippen LogP contribution in [0.3, 0.4) is 0 Å². The molecule has 0 unspecified atom stereocenters. The van der Waals surface area contributed by atoms with E-state index in [0.29, 0.717) is 24.1 Å². The molecule has 0 saturated carbocycles. The summed E-state index contributed by atoms with van der Waals surface area (Å²) in [6.45, 7) is 5.80. The zero-order valence-electron chi connectivity index (χ0n) is 20.4. The van der Waals surface area contributed by atoms with E-state index in [2.05, 4.69) is 19.2 Å². The third-order valence-electron chi connectivity index (χ3n) is 5.61. The van der Waals surface area contributed by atoms with Gasteiger partial charge in [-0.2, -0.15) is 0 Å². The van der Waals surface area contributed by atoms with Crippen LogP contribution in [0.5, 0.6) is 0 Å². The Labute approximate surface area is 220 Å². The molecule has 0 radical (unpaired) electrons. The van der Waals surface area contributed by atoms with Crippen molar-refractivity contribution in [2.24, 2.45) is 0 Å². The van der Waals surface area contributed by atoms with E-state index in [1.807, 2.05) is 41.2 Å². The first-order chi connectivity index (χ1) is 15.4. The number of aromatic nitrogens is 1. The Morgan fingerprint density at radius 2 is 1.73 bits per heavy atom. The predicted octanol–water partition coefficient (Wildman–Crippen LogP) is 1.12. The Morgan fingerprint density at radius 1 is 1.03 bits per heavy atom. The van der Waals surface area contributed by atoms with E-state index in [0.717, 1.165) is 49.9 Å². The minimum atomic E-state index is -1.05. The van der Waals surface area contributed by atoms with Gasteiger partial charge >= 0.3 is 29.6 Å². The van der Waals surface area contributed by atoms with Gasteiger partial charge in [0.1, 0.15) is 0 Å². The topological polar surface area (TPSA) is 94.4 Å². The molecule has 0 bridgehead atoms. The van der Waals surface area contributed by atoms with Gasteiger partial charge in [-0.15, -0.1) is 0 Å². The van der Waals surface area contributed by atoms with Crippen molar-refractivity contribution in [1.82, 2.24) is 4.57 Å². The maximum Gasteiger partial charge on any atom is 1.00 e. The summed E-state index contributed by atoms with van der Waals surface area (Å²) in [6, 6.07) is 7.62. The van der Waals surface area contributed by atoms with E-state index in [9.17, 15) is 14.7 Å². The van der Waals surface area contributed by atoms with Gasteiger partial charge in [0.15, 0.2) is 5.78 Å². The molecular weight excluding hydrogens is 427 g/mol. The van der Waals surface area contributed by atoms with E-state index < -0.39 is 5.97 Å². The van der Waals surface area contributed by atoms with Crippen molar-refractivity contribution in [3.8, 4) is 0 Å². The van der Waals surface area contributed by atoms with Crippen molar-refractivity contribution >= 4 is 17.4 Å². The molecule has 2 aromatic rings. The van der Waals surface area contributed by atoms with E-state index in [-0.39, 0.29) is 54.3 Å². The molecule has 176 valence electrons. The molecule has 0 aliphatic carbocycles. The SMILES string of the molecule is CC(C)c1cn(CCCC(=O)[O-])cc1C(=O)c1cccc(NCCCCCCCCO)c1.[Na+]. The number of carboxylic acids is 1. The summed E-state index contributed by atoms with van der Waals surface area (Å²) >= 11 is 0. The van der Waals surface area contributed by atoms with Crippen molar-refractivity contribution in [2.75, 3.05) is 18.5 Å². The maximum absolute atomic E-state index is 13.3. The first-order valence-electron chi connectivity index (χ1n) is 11.8. The number of carbonyl (C=O) groups excluding carboxylic acids is 2. The van der Waals surface area contributed by atoms with Gasteiger partial charge in [0.05, 0.1) is 0 Å². The van der Waals surface area contributed by atoms with Crippen LogP contribution < -0.4 is 40.0 Å². The second kappa shape index (κ2) is 16.1. The summed E-state index contributed by atoms with van der Waals surface area (Å²) in [4.78, 5) is 23.9. The number of carboxylic acid groups (broad SMARTS) is 1. The zero-order chi connectivity index (χ0) is 23.3. The van der Waals surface area contributed by atoms with E-state index in [4.69, 9.17) is 5.11 Å². The number of aliphatic hydroxyl groups is 1. The molecule has 0 fully saturated rings. The Balaban J connectivity index is 0.00000544. The molecule has 0 aliphatic heterocycles. The number of aliphatic carboxylic acids is 1. The Kier molecular flexibility index (Phi) is 14.4. The Bertz CT molecular complexity index is 864. The molecule has 6 nitrogen and oxygen atoms in total. The molecule has 0 atom stereocenters. The van der Waals surface area contributed by atoms with Crippen LogP contribution in [0.25, 0.3) is 0 Å². The Hall–Kier alpha value is -1.60. The van der Waals surface area contributed by atoms with Crippen LogP contribution in [0.4, 0.5) is 5.69 Å². The minimum Gasteiger partial charge on any atom is -0.550 e. The summed E-state index contributed by atoms with van der Waals surface area (Å²) < 4.78 is 1.91. The number of aliphatic hydroxyl groups excluding tert-OH is 1. The van der Waals surface area contributed by atoms with Crippen molar-refractivity contribution in [2.45, 2.75) is 77.7 Å². The van der Waals surface area contributed by atoms with Gasteiger partial charge in [-0.1, -0.05) is 51.7 Å². The molecule has 0 amide bonds. The fourth-order valence-electron chi connectivity index (χ4n) is 3.81. The summed E-state index contributed by atoms with van der Waals surface area (Å²) in [5.41, 5.74) is 3.24. The number of ketones is 1. The van der Waals surface area contributed by atoms with Gasteiger partial charge in [-0.3, -0.25) is 4.79 Å². The van der Waals surface area contributed by atoms with Crippen LogP contribution in [-0.2, 0) is 11.3 Å². The first kappa shape index (κ1) is 29.4. The molecule has 2 N–H and O–H groups in total. The van der Waals surface area contributed by atoms with Gasteiger partial charge in [-0.05, 0) is 49.3 Å². The molecule has 0 saturated heterocycles. The van der Waals surface area contributed by atoms with Crippen molar-refractivity contribution in [3.05, 3.63) is 53.3 Å². The summed E-state index contributed by atoms with van der Waals surface area (Å²) in [5.74, 6) is -0.876. The molecule has 1 aromatic carbocycles. The number of anilines is 1. The van der Waals surface area contributed by atoms with Gasteiger partial charge in [0.25, 0.3) is 0 Å². The standard InChI is InChI=1S/C26H38N2O4.Na/c1-20(2)23-18-28(15-10-13-25(30)31)19-24(23)26(32)21-11-9-12-22(17-21)27-14-7-5-3-4-6-8-16-29;/h9,11-12,17-20,27,29H,3-8,10,13-16H2,1-2H3,(H,30,31);/q;+1/p-1. The number of benzene rings is 1. The van der Waals surface area contributed by atoms with Crippen LogP contribution in [0.15, 0.2) is 36.7 Å². The number of unbranched alkanes of at least 4 members (excludes halogenated alkanes) is 5. The molecule has 1 heterocycles. The van der Waals surface area contributed by atoms with Crippen LogP contribution in [0.2, 0.25) is 0 Å². The maximum atomic E-state index is 13.3. The number of rotatable bonds is 16. The first-order valence-corrected chi connectivity index (χ1v) is 11.8. The van der Waals surface area contributed by atoms with E-state index in [1.165, 1.54) is 6.42 Å². The van der Waals surface area contributed by atoms with Crippen molar-refractivity contribution < 1.29 is 49.4 Å². The van der Waals surface area contributed by atoms with Crippen molar-refractivity contribution in [3.63, 3.8) is 0 Å². The van der Waals surface area contributed by atoms with Gasteiger partial charge < -0.3 is 24.9 Å². The fraction of sp³-hybridized carbons (Fsp3) is 0.538. The largest absolute Gasteiger partial charge is 1.00 e. The third-order valence-corrected chi connectivity index (χ3v) is 5.61.